The third kappa shape index (κ3) is 2.90. The minimum Gasteiger partial charge on any atom is -0.477 e. The Morgan fingerprint density at radius 1 is 1.12 bits per heavy atom. The highest BCUT2D eigenvalue weighted by Crippen LogP contribution is 2.38. The van der Waals surface area contributed by atoms with Gasteiger partial charge in [-0.25, -0.2) is 9.18 Å². The van der Waals surface area contributed by atoms with Crippen LogP contribution < -0.4 is 10.3 Å². The van der Waals surface area contributed by atoms with E-state index in [9.17, 15) is 19.1 Å². The van der Waals surface area contributed by atoms with Gasteiger partial charge in [0.2, 0.25) is 5.43 Å². The van der Waals surface area contributed by atoms with E-state index in [1.165, 1.54) is 12.3 Å². The summed E-state index contributed by atoms with van der Waals surface area (Å²) >= 11 is 0. The Bertz CT molecular complexity index is 894. The molecule has 5 nitrogen and oxygen atoms in total. The first kappa shape index (κ1) is 16.1. The molecule has 4 rings (SSSR count). The molecule has 0 amide bonds. The number of hydrogen-bond acceptors (Lipinski definition) is 3. The summed E-state index contributed by atoms with van der Waals surface area (Å²) in [4.78, 5) is 25.9. The summed E-state index contributed by atoms with van der Waals surface area (Å²) in [6.07, 6.45) is 7.70. The molecule has 1 aromatic carbocycles. The third-order valence-corrected chi connectivity index (χ3v) is 5.22. The Hall–Kier alpha value is -2.37. The van der Waals surface area contributed by atoms with Crippen LogP contribution in [0.3, 0.4) is 0 Å². The van der Waals surface area contributed by atoms with Crippen molar-refractivity contribution in [3.63, 3.8) is 0 Å². The number of carbonyl (C=O) groups is 1. The molecule has 25 heavy (non-hydrogen) atoms. The first-order valence-electron chi connectivity index (χ1n) is 8.93. The second-order valence-corrected chi connectivity index (χ2v) is 7.04. The molecule has 0 atom stereocenters. The number of halogens is 1. The summed E-state index contributed by atoms with van der Waals surface area (Å²) < 4.78 is 16.6. The highest BCUT2D eigenvalue weighted by atomic mass is 19.1. The summed E-state index contributed by atoms with van der Waals surface area (Å²) in [5.74, 6) is -1.71. The molecule has 0 spiro atoms. The van der Waals surface area contributed by atoms with Gasteiger partial charge in [0.1, 0.15) is 11.4 Å². The minimum atomic E-state index is -1.27. The van der Waals surface area contributed by atoms with Crippen LogP contribution in [0.4, 0.5) is 10.1 Å². The normalized spacial score (nSPS) is 18.4. The molecular weight excluding hydrogens is 323 g/mol. The predicted molar refractivity (Wildman–Crippen MR) is 94.1 cm³/mol. The van der Waals surface area contributed by atoms with E-state index >= 15 is 0 Å². The van der Waals surface area contributed by atoms with Gasteiger partial charge in [0.15, 0.2) is 0 Å². The summed E-state index contributed by atoms with van der Waals surface area (Å²) in [5.41, 5.74) is 0.256. The highest BCUT2D eigenvalue weighted by molar-refractivity contribution is 5.93. The molecule has 1 aromatic heterocycles. The van der Waals surface area contributed by atoms with Crippen LogP contribution in [0.2, 0.25) is 0 Å². The Balaban J connectivity index is 1.92. The fraction of sp³-hybridized carbons (Fsp3) is 0.474. The Kier molecular flexibility index (Phi) is 3.98. The van der Waals surface area contributed by atoms with E-state index in [1.54, 1.807) is 6.07 Å². The van der Waals surface area contributed by atoms with Gasteiger partial charge in [-0.2, -0.15) is 0 Å². The number of benzene rings is 1. The number of pyridine rings is 1. The van der Waals surface area contributed by atoms with Crippen molar-refractivity contribution >= 4 is 22.6 Å². The van der Waals surface area contributed by atoms with Crippen molar-refractivity contribution in [3.8, 4) is 0 Å². The molecule has 1 saturated heterocycles. The van der Waals surface area contributed by atoms with Crippen molar-refractivity contribution < 1.29 is 14.3 Å². The minimum absolute atomic E-state index is 0.155. The average molecular weight is 344 g/mol. The Morgan fingerprint density at radius 2 is 1.80 bits per heavy atom. The maximum atomic E-state index is 14.8. The van der Waals surface area contributed by atoms with Crippen LogP contribution in [0.5, 0.6) is 0 Å². The van der Waals surface area contributed by atoms with Gasteiger partial charge in [0.25, 0.3) is 0 Å². The zero-order valence-electron chi connectivity index (χ0n) is 14.0. The summed E-state index contributed by atoms with van der Waals surface area (Å²) in [7, 11) is 0. The molecule has 2 fully saturated rings. The zero-order chi connectivity index (χ0) is 17.6. The summed E-state index contributed by atoms with van der Waals surface area (Å²) in [6, 6.07) is 3.16. The van der Waals surface area contributed by atoms with Gasteiger partial charge in [-0.15, -0.1) is 0 Å². The summed E-state index contributed by atoms with van der Waals surface area (Å²) in [6.45, 7) is 1.62. The van der Waals surface area contributed by atoms with Crippen molar-refractivity contribution in [2.45, 2.75) is 44.6 Å². The van der Waals surface area contributed by atoms with Gasteiger partial charge in [-0.05, 0) is 37.8 Å². The Morgan fingerprint density at radius 3 is 2.40 bits per heavy atom. The average Bonchev–Trinajstić information content (AvgIpc) is 3.42. The SMILES string of the molecule is O=C(O)c1cn(C2CC2)c2cc(N3CCCCCC3)c(F)cc2c1=O. The molecule has 1 aliphatic carbocycles. The number of fused-ring (bicyclic) bond motifs is 1. The van der Waals surface area contributed by atoms with Gasteiger partial charge in [0.05, 0.1) is 11.2 Å². The van der Waals surface area contributed by atoms with E-state index < -0.39 is 17.2 Å². The van der Waals surface area contributed by atoms with Crippen LogP contribution in [-0.4, -0.2) is 28.7 Å². The first-order valence-corrected chi connectivity index (χ1v) is 8.93. The van der Waals surface area contributed by atoms with Crippen LogP contribution in [0, 0.1) is 5.82 Å². The quantitative estimate of drug-likeness (QED) is 0.925. The maximum absolute atomic E-state index is 14.8. The molecule has 132 valence electrons. The van der Waals surface area contributed by atoms with E-state index in [-0.39, 0.29) is 17.0 Å². The van der Waals surface area contributed by atoms with Gasteiger partial charge < -0.3 is 14.6 Å². The molecule has 1 saturated carbocycles. The molecule has 1 aliphatic heterocycles. The third-order valence-electron chi connectivity index (χ3n) is 5.22. The number of carboxylic acids is 1. The molecule has 2 aromatic rings. The number of anilines is 1. The lowest BCUT2D eigenvalue weighted by molar-refractivity contribution is 0.0695. The Labute approximate surface area is 144 Å². The molecule has 0 unspecified atom stereocenters. The molecule has 2 aliphatic rings. The number of aromatic nitrogens is 1. The monoisotopic (exact) mass is 344 g/mol. The van der Waals surface area contributed by atoms with E-state index in [2.05, 4.69) is 4.90 Å². The lowest BCUT2D eigenvalue weighted by atomic mass is 10.1. The standard InChI is InChI=1S/C19H21FN2O3/c20-15-9-13-16(10-17(15)21-7-3-1-2-4-8-21)22(12-5-6-12)11-14(18(13)23)19(24)25/h9-12H,1-8H2,(H,24,25). The van der Waals surface area contributed by atoms with Crippen molar-refractivity contribution in [2.75, 3.05) is 18.0 Å². The topological polar surface area (TPSA) is 62.5 Å². The molecule has 2 heterocycles. The molecule has 1 N–H and O–H groups in total. The number of aromatic carboxylic acids is 1. The molecular formula is C19H21FN2O3. The van der Waals surface area contributed by atoms with Gasteiger partial charge >= 0.3 is 5.97 Å². The van der Waals surface area contributed by atoms with E-state index in [0.29, 0.717) is 11.2 Å². The van der Waals surface area contributed by atoms with Crippen molar-refractivity contribution in [3.05, 3.63) is 39.9 Å². The molecule has 0 bridgehead atoms. The van der Waals surface area contributed by atoms with Crippen molar-refractivity contribution in [1.82, 2.24) is 4.57 Å². The number of carboxylic acid groups (broad SMARTS) is 1. The molecule has 6 heteroatoms. The van der Waals surface area contributed by atoms with Crippen LogP contribution >= 0.6 is 0 Å². The largest absolute Gasteiger partial charge is 0.477 e. The number of rotatable bonds is 3. The van der Waals surface area contributed by atoms with Gasteiger partial charge in [0, 0.05) is 30.7 Å². The zero-order valence-corrected chi connectivity index (χ0v) is 14.0. The van der Waals surface area contributed by atoms with Crippen molar-refractivity contribution in [2.24, 2.45) is 0 Å². The first-order chi connectivity index (χ1) is 12.1. The second kappa shape index (κ2) is 6.17. The lowest BCUT2D eigenvalue weighted by Crippen LogP contribution is -2.25. The number of nitrogens with zero attached hydrogens (tertiary/aromatic N) is 2. The van der Waals surface area contributed by atoms with Gasteiger partial charge in [-0.1, -0.05) is 12.8 Å². The highest BCUT2D eigenvalue weighted by Gasteiger charge is 2.28. The van der Waals surface area contributed by atoms with Crippen LogP contribution in [0.1, 0.15) is 54.9 Å². The van der Waals surface area contributed by atoms with Crippen LogP contribution in [0.25, 0.3) is 10.9 Å². The van der Waals surface area contributed by atoms with Gasteiger partial charge in [-0.3, -0.25) is 4.79 Å². The van der Waals surface area contributed by atoms with Crippen LogP contribution in [-0.2, 0) is 0 Å². The fourth-order valence-electron chi connectivity index (χ4n) is 3.72. The smallest absolute Gasteiger partial charge is 0.341 e. The summed E-state index contributed by atoms with van der Waals surface area (Å²) in [5, 5.41) is 9.45. The second-order valence-electron chi connectivity index (χ2n) is 7.04. The number of hydrogen-bond donors (Lipinski definition) is 1. The fourth-order valence-corrected chi connectivity index (χ4v) is 3.72. The van der Waals surface area contributed by atoms with Crippen molar-refractivity contribution in [1.29, 1.82) is 0 Å². The van der Waals surface area contributed by atoms with E-state index in [0.717, 1.165) is 51.6 Å². The van der Waals surface area contributed by atoms with Crippen LogP contribution in [0.15, 0.2) is 23.1 Å². The lowest BCUT2D eigenvalue weighted by Gasteiger charge is -2.24. The maximum Gasteiger partial charge on any atom is 0.341 e. The van der Waals surface area contributed by atoms with E-state index in [1.807, 2.05) is 4.57 Å². The van der Waals surface area contributed by atoms with E-state index in [4.69, 9.17) is 0 Å². The molecule has 0 radical (unpaired) electrons. The predicted octanol–water partition coefficient (Wildman–Crippen LogP) is 3.55.